The van der Waals surface area contributed by atoms with Crippen LogP contribution in [0.2, 0.25) is 0 Å². The van der Waals surface area contributed by atoms with Gasteiger partial charge in [-0.1, -0.05) is 0 Å². The van der Waals surface area contributed by atoms with Crippen molar-refractivity contribution in [1.82, 2.24) is 15.1 Å². The third-order valence-corrected chi connectivity index (χ3v) is 2.85. The fourth-order valence-corrected chi connectivity index (χ4v) is 1.65. The van der Waals surface area contributed by atoms with Crippen molar-refractivity contribution >= 4 is 0 Å². The van der Waals surface area contributed by atoms with Gasteiger partial charge in [0.15, 0.2) is 0 Å². The maximum Gasteiger partial charge on any atom is 0.0641 e. The smallest absolute Gasteiger partial charge is 0.0641 e. The van der Waals surface area contributed by atoms with Gasteiger partial charge in [0.1, 0.15) is 0 Å². The first-order valence-corrected chi connectivity index (χ1v) is 5.39. The van der Waals surface area contributed by atoms with Crippen LogP contribution < -0.4 is 5.32 Å². The van der Waals surface area contributed by atoms with E-state index in [-0.39, 0.29) is 6.61 Å². The second-order valence-electron chi connectivity index (χ2n) is 4.07. The van der Waals surface area contributed by atoms with Crippen LogP contribution in [-0.4, -0.2) is 27.5 Å². The molecule has 0 amide bonds. The number of aryl methyl sites for hydroxylation is 2. The highest BCUT2D eigenvalue weighted by atomic mass is 16.3. The number of hydrogen-bond acceptors (Lipinski definition) is 3. The Balaban J connectivity index is 2.57. The van der Waals surface area contributed by atoms with Crippen LogP contribution in [0.5, 0.6) is 0 Å². The average molecular weight is 211 g/mol. The molecule has 4 heteroatoms. The van der Waals surface area contributed by atoms with E-state index >= 15 is 0 Å². The number of hydrogen-bond donors (Lipinski definition) is 2. The Hall–Kier alpha value is -0.870. The molecule has 1 rings (SSSR count). The third kappa shape index (κ3) is 3.04. The number of aliphatic hydroxyl groups excluding tert-OH is 1. The zero-order chi connectivity index (χ0) is 11.4. The lowest BCUT2D eigenvalue weighted by atomic mass is 10.1. The van der Waals surface area contributed by atoms with Crippen LogP contribution in [0.15, 0.2) is 0 Å². The third-order valence-electron chi connectivity index (χ3n) is 2.85. The summed E-state index contributed by atoms with van der Waals surface area (Å²) in [5.41, 5.74) is 3.55. The molecule has 0 aromatic carbocycles. The largest absolute Gasteiger partial charge is 0.396 e. The Morgan fingerprint density at radius 1 is 1.47 bits per heavy atom. The molecule has 1 atom stereocenters. The van der Waals surface area contributed by atoms with Crippen molar-refractivity contribution in [2.24, 2.45) is 7.05 Å². The first kappa shape index (κ1) is 12.2. The average Bonchev–Trinajstić information content (AvgIpc) is 2.40. The standard InChI is InChI=1S/C11H21N3O/c1-8(5-6-15)12-7-11-9(2)13-14(4)10(11)3/h8,12,15H,5-7H2,1-4H3. The van der Waals surface area contributed by atoms with Crippen LogP contribution in [0.4, 0.5) is 0 Å². The van der Waals surface area contributed by atoms with E-state index in [9.17, 15) is 0 Å². The van der Waals surface area contributed by atoms with Crippen molar-refractivity contribution in [2.45, 2.75) is 39.8 Å². The van der Waals surface area contributed by atoms with Crippen LogP contribution in [0.25, 0.3) is 0 Å². The molecule has 4 nitrogen and oxygen atoms in total. The molecule has 1 heterocycles. The zero-order valence-electron chi connectivity index (χ0n) is 10.0. The predicted molar refractivity (Wildman–Crippen MR) is 60.7 cm³/mol. The molecular formula is C11H21N3O. The molecule has 15 heavy (non-hydrogen) atoms. The fraction of sp³-hybridized carbons (Fsp3) is 0.727. The van der Waals surface area contributed by atoms with Crippen LogP contribution in [0, 0.1) is 13.8 Å². The molecule has 0 radical (unpaired) electrons. The lowest BCUT2D eigenvalue weighted by Crippen LogP contribution is -2.26. The number of nitrogens with zero attached hydrogens (tertiary/aromatic N) is 2. The van der Waals surface area contributed by atoms with Gasteiger partial charge in [0, 0.05) is 37.5 Å². The molecular weight excluding hydrogens is 190 g/mol. The Morgan fingerprint density at radius 3 is 2.60 bits per heavy atom. The molecule has 0 saturated heterocycles. The molecule has 0 fully saturated rings. The highest BCUT2D eigenvalue weighted by molar-refractivity contribution is 5.24. The van der Waals surface area contributed by atoms with Crippen molar-refractivity contribution in [3.05, 3.63) is 17.0 Å². The lowest BCUT2D eigenvalue weighted by Gasteiger charge is -2.12. The molecule has 0 aliphatic carbocycles. The maximum absolute atomic E-state index is 8.79. The van der Waals surface area contributed by atoms with Gasteiger partial charge in [0.2, 0.25) is 0 Å². The van der Waals surface area contributed by atoms with Gasteiger partial charge in [0.05, 0.1) is 5.69 Å². The number of aromatic nitrogens is 2. The van der Waals surface area contributed by atoms with E-state index in [4.69, 9.17) is 5.11 Å². The first-order valence-electron chi connectivity index (χ1n) is 5.39. The number of nitrogens with one attached hydrogen (secondary N) is 1. The van der Waals surface area contributed by atoms with E-state index in [2.05, 4.69) is 24.3 Å². The Bertz CT molecular complexity index is 320. The molecule has 0 aliphatic heterocycles. The van der Waals surface area contributed by atoms with Gasteiger partial charge in [-0.25, -0.2) is 0 Å². The van der Waals surface area contributed by atoms with E-state index in [1.54, 1.807) is 0 Å². The van der Waals surface area contributed by atoms with Gasteiger partial charge in [0.25, 0.3) is 0 Å². The quantitative estimate of drug-likeness (QED) is 0.760. The first-order chi connectivity index (χ1) is 7.06. The zero-order valence-corrected chi connectivity index (χ0v) is 10.0. The summed E-state index contributed by atoms with van der Waals surface area (Å²) < 4.78 is 1.91. The van der Waals surface area contributed by atoms with E-state index < -0.39 is 0 Å². The van der Waals surface area contributed by atoms with Gasteiger partial charge >= 0.3 is 0 Å². The maximum atomic E-state index is 8.79. The van der Waals surface area contributed by atoms with E-state index in [0.717, 1.165) is 18.7 Å². The monoisotopic (exact) mass is 211 g/mol. The van der Waals surface area contributed by atoms with Gasteiger partial charge in [-0.2, -0.15) is 5.10 Å². The number of rotatable bonds is 5. The summed E-state index contributed by atoms with van der Waals surface area (Å²) in [6, 6.07) is 0.342. The van der Waals surface area contributed by atoms with Crippen molar-refractivity contribution in [3.8, 4) is 0 Å². The minimum absolute atomic E-state index is 0.235. The van der Waals surface area contributed by atoms with Crippen LogP contribution in [0.3, 0.4) is 0 Å². The van der Waals surface area contributed by atoms with E-state index in [1.807, 2.05) is 18.7 Å². The fourth-order valence-electron chi connectivity index (χ4n) is 1.65. The second kappa shape index (κ2) is 5.28. The van der Waals surface area contributed by atoms with Crippen molar-refractivity contribution in [1.29, 1.82) is 0 Å². The summed E-state index contributed by atoms with van der Waals surface area (Å²) in [4.78, 5) is 0. The lowest BCUT2D eigenvalue weighted by molar-refractivity contribution is 0.268. The van der Waals surface area contributed by atoms with Gasteiger partial charge in [-0.3, -0.25) is 4.68 Å². The molecule has 1 aromatic rings. The summed E-state index contributed by atoms with van der Waals surface area (Å²) in [5, 5.41) is 16.5. The molecule has 1 aromatic heterocycles. The Kier molecular flexibility index (Phi) is 4.29. The molecule has 0 saturated carbocycles. The molecule has 2 N–H and O–H groups in total. The molecule has 1 unspecified atom stereocenters. The molecule has 0 bridgehead atoms. The highest BCUT2D eigenvalue weighted by Crippen LogP contribution is 2.11. The van der Waals surface area contributed by atoms with Crippen molar-refractivity contribution < 1.29 is 5.11 Å². The van der Waals surface area contributed by atoms with Crippen LogP contribution in [0.1, 0.15) is 30.3 Å². The molecule has 0 aliphatic rings. The summed E-state index contributed by atoms with van der Waals surface area (Å²) in [7, 11) is 1.96. The minimum Gasteiger partial charge on any atom is -0.396 e. The minimum atomic E-state index is 0.235. The number of aliphatic hydroxyl groups is 1. The van der Waals surface area contributed by atoms with Crippen LogP contribution in [-0.2, 0) is 13.6 Å². The van der Waals surface area contributed by atoms with E-state index in [0.29, 0.717) is 6.04 Å². The molecule has 86 valence electrons. The molecule has 0 spiro atoms. The van der Waals surface area contributed by atoms with Crippen LogP contribution >= 0.6 is 0 Å². The predicted octanol–water partition coefficient (Wildman–Crippen LogP) is 0.897. The summed E-state index contributed by atoms with van der Waals surface area (Å²) in [6.45, 7) is 7.25. The normalized spacial score (nSPS) is 13.1. The highest BCUT2D eigenvalue weighted by Gasteiger charge is 2.09. The second-order valence-corrected chi connectivity index (χ2v) is 4.07. The Morgan fingerprint density at radius 2 is 2.13 bits per heavy atom. The van der Waals surface area contributed by atoms with E-state index in [1.165, 1.54) is 11.3 Å². The van der Waals surface area contributed by atoms with Crippen molar-refractivity contribution in [3.63, 3.8) is 0 Å². The summed E-state index contributed by atoms with van der Waals surface area (Å²) >= 11 is 0. The Labute approximate surface area is 91.3 Å². The van der Waals surface area contributed by atoms with Gasteiger partial charge in [-0.05, 0) is 27.2 Å². The SMILES string of the molecule is Cc1nn(C)c(C)c1CNC(C)CCO. The van der Waals surface area contributed by atoms with Gasteiger partial charge in [-0.15, -0.1) is 0 Å². The summed E-state index contributed by atoms with van der Waals surface area (Å²) in [5.74, 6) is 0. The van der Waals surface area contributed by atoms with Crippen molar-refractivity contribution in [2.75, 3.05) is 6.61 Å². The topological polar surface area (TPSA) is 50.1 Å². The summed E-state index contributed by atoms with van der Waals surface area (Å²) in [6.07, 6.45) is 0.790. The van der Waals surface area contributed by atoms with Gasteiger partial charge < -0.3 is 10.4 Å².